The monoisotopic (exact) mass is 308 g/mol. The lowest BCUT2D eigenvalue weighted by molar-refractivity contribution is -0.115. The molecule has 0 atom stereocenters. The Balaban J connectivity index is 1.94. The normalized spacial score (nSPS) is 15.1. The minimum Gasteiger partial charge on any atom is -0.310 e. The number of aromatic nitrogens is 1. The van der Waals surface area contributed by atoms with Crippen molar-refractivity contribution in [1.29, 1.82) is 0 Å². The van der Waals surface area contributed by atoms with Crippen LogP contribution in [0.3, 0.4) is 0 Å². The van der Waals surface area contributed by atoms with Crippen LogP contribution in [-0.2, 0) is 4.79 Å². The SMILES string of the molecule is Cc1cc(NC(=O)CC2=CCCCC2)ncc1Br. The summed E-state index contributed by atoms with van der Waals surface area (Å²) in [5.41, 5.74) is 2.32. The third-order valence-corrected chi connectivity index (χ3v) is 3.92. The van der Waals surface area contributed by atoms with Gasteiger partial charge >= 0.3 is 0 Å². The number of carbonyl (C=O) groups is 1. The van der Waals surface area contributed by atoms with Gasteiger partial charge in [0.1, 0.15) is 5.82 Å². The van der Waals surface area contributed by atoms with E-state index in [1.807, 2.05) is 13.0 Å². The Morgan fingerprint density at radius 3 is 3.00 bits per heavy atom. The Morgan fingerprint density at radius 2 is 2.33 bits per heavy atom. The molecule has 0 radical (unpaired) electrons. The van der Waals surface area contributed by atoms with Gasteiger partial charge in [0.15, 0.2) is 0 Å². The lowest BCUT2D eigenvalue weighted by atomic mass is 9.97. The average Bonchev–Trinajstić information content (AvgIpc) is 2.35. The molecule has 0 saturated carbocycles. The van der Waals surface area contributed by atoms with E-state index in [0.717, 1.165) is 22.9 Å². The number of aryl methyl sites for hydroxylation is 1. The lowest BCUT2D eigenvalue weighted by Crippen LogP contribution is -2.14. The van der Waals surface area contributed by atoms with Crippen LogP contribution in [0.25, 0.3) is 0 Å². The number of rotatable bonds is 3. The summed E-state index contributed by atoms with van der Waals surface area (Å²) in [5.74, 6) is 0.648. The van der Waals surface area contributed by atoms with Gasteiger partial charge in [-0.3, -0.25) is 4.79 Å². The Morgan fingerprint density at radius 1 is 1.50 bits per heavy atom. The van der Waals surface area contributed by atoms with Crippen molar-refractivity contribution in [3.63, 3.8) is 0 Å². The predicted molar refractivity (Wildman–Crippen MR) is 76.5 cm³/mol. The van der Waals surface area contributed by atoms with E-state index >= 15 is 0 Å². The van der Waals surface area contributed by atoms with Gasteiger partial charge in [-0.05, 0) is 60.2 Å². The average molecular weight is 309 g/mol. The minimum absolute atomic E-state index is 0.0253. The van der Waals surface area contributed by atoms with Crippen molar-refractivity contribution in [2.24, 2.45) is 0 Å². The molecule has 1 heterocycles. The van der Waals surface area contributed by atoms with Crippen LogP contribution >= 0.6 is 15.9 Å². The number of allylic oxidation sites excluding steroid dienone is 1. The van der Waals surface area contributed by atoms with E-state index in [9.17, 15) is 4.79 Å². The molecule has 0 saturated heterocycles. The molecule has 0 fully saturated rings. The second-order valence-corrected chi connectivity index (χ2v) is 5.51. The van der Waals surface area contributed by atoms with Crippen molar-refractivity contribution in [3.8, 4) is 0 Å². The van der Waals surface area contributed by atoms with Gasteiger partial charge in [-0.15, -0.1) is 0 Å². The standard InChI is InChI=1S/C14H17BrN2O/c1-10-7-13(16-9-12(10)15)17-14(18)8-11-5-3-2-4-6-11/h5,7,9H,2-4,6,8H2,1H3,(H,16,17,18). The zero-order valence-corrected chi connectivity index (χ0v) is 12.1. The molecule has 0 aliphatic heterocycles. The molecule has 4 heteroatoms. The number of hydrogen-bond acceptors (Lipinski definition) is 2. The van der Waals surface area contributed by atoms with Crippen LogP contribution in [0.5, 0.6) is 0 Å². The van der Waals surface area contributed by atoms with Crippen LogP contribution < -0.4 is 5.32 Å². The summed E-state index contributed by atoms with van der Waals surface area (Å²) in [6, 6.07) is 1.87. The topological polar surface area (TPSA) is 42.0 Å². The van der Waals surface area contributed by atoms with E-state index in [1.54, 1.807) is 6.20 Å². The van der Waals surface area contributed by atoms with E-state index < -0.39 is 0 Å². The molecule has 0 spiro atoms. The van der Waals surface area contributed by atoms with Crippen LogP contribution in [0.2, 0.25) is 0 Å². The Kier molecular flexibility index (Phi) is 4.53. The number of anilines is 1. The van der Waals surface area contributed by atoms with Crippen LogP contribution in [0.1, 0.15) is 37.7 Å². The highest BCUT2D eigenvalue weighted by atomic mass is 79.9. The molecular formula is C14H17BrN2O. The first-order chi connectivity index (χ1) is 8.65. The molecule has 1 N–H and O–H groups in total. The van der Waals surface area contributed by atoms with E-state index in [1.165, 1.54) is 18.4 Å². The molecule has 1 amide bonds. The van der Waals surface area contributed by atoms with E-state index in [2.05, 4.69) is 32.3 Å². The molecule has 1 aliphatic carbocycles. The molecule has 0 unspecified atom stereocenters. The van der Waals surface area contributed by atoms with Crippen molar-refractivity contribution in [2.45, 2.75) is 39.0 Å². The number of hydrogen-bond donors (Lipinski definition) is 1. The first-order valence-corrected chi connectivity index (χ1v) is 7.04. The lowest BCUT2D eigenvalue weighted by Gasteiger charge is -2.12. The summed E-state index contributed by atoms with van der Waals surface area (Å²) in [7, 11) is 0. The molecule has 2 rings (SSSR count). The second kappa shape index (κ2) is 6.14. The Labute approximate surface area is 116 Å². The minimum atomic E-state index is 0.0253. The molecule has 1 aromatic rings. The van der Waals surface area contributed by atoms with Crippen molar-refractivity contribution in [1.82, 2.24) is 4.98 Å². The third kappa shape index (κ3) is 3.67. The van der Waals surface area contributed by atoms with E-state index in [-0.39, 0.29) is 5.91 Å². The summed E-state index contributed by atoms with van der Waals surface area (Å²) in [5, 5.41) is 2.85. The first-order valence-electron chi connectivity index (χ1n) is 6.25. The third-order valence-electron chi connectivity index (χ3n) is 3.09. The summed E-state index contributed by atoms with van der Waals surface area (Å²) < 4.78 is 0.954. The largest absolute Gasteiger partial charge is 0.310 e. The number of amides is 1. The summed E-state index contributed by atoms with van der Waals surface area (Å²) in [6.45, 7) is 1.98. The van der Waals surface area contributed by atoms with Gasteiger partial charge in [0.2, 0.25) is 5.91 Å². The fraction of sp³-hybridized carbons (Fsp3) is 0.429. The fourth-order valence-electron chi connectivity index (χ4n) is 2.07. The second-order valence-electron chi connectivity index (χ2n) is 4.65. The molecule has 96 valence electrons. The van der Waals surface area contributed by atoms with Crippen molar-refractivity contribution < 1.29 is 4.79 Å². The maximum absolute atomic E-state index is 11.9. The summed E-state index contributed by atoms with van der Waals surface area (Å²) >= 11 is 3.39. The van der Waals surface area contributed by atoms with Gasteiger partial charge in [0.25, 0.3) is 0 Å². The molecule has 0 bridgehead atoms. The van der Waals surface area contributed by atoms with Crippen LogP contribution in [0.15, 0.2) is 28.4 Å². The van der Waals surface area contributed by atoms with Gasteiger partial charge in [0.05, 0.1) is 0 Å². The fourth-order valence-corrected chi connectivity index (χ4v) is 2.28. The quantitative estimate of drug-likeness (QED) is 0.858. The Bertz CT molecular complexity index is 483. The maximum Gasteiger partial charge on any atom is 0.229 e. The predicted octanol–water partition coefficient (Wildman–Crippen LogP) is 3.98. The first kappa shape index (κ1) is 13.3. The number of halogens is 1. The number of carbonyl (C=O) groups excluding carboxylic acids is 1. The van der Waals surface area contributed by atoms with Crippen molar-refractivity contribution in [2.75, 3.05) is 5.32 Å². The molecule has 3 nitrogen and oxygen atoms in total. The van der Waals surface area contributed by atoms with Crippen molar-refractivity contribution in [3.05, 3.63) is 33.9 Å². The molecule has 0 aromatic carbocycles. The van der Waals surface area contributed by atoms with E-state index in [0.29, 0.717) is 12.2 Å². The van der Waals surface area contributed by atoms with Gasteiger partial charge < -0.3 is 5.32 Å². The zero-order valence-electron chi connectivity index (χ0n) is 10.5. The zero-order chi connectivity index (χ0) is 13.0. The summed E-state index contributed by atoms with van der Waals surface area (Å²) in [4.78, 5) is 16.0. The van der Waals surface area contributed by atoms with Crippen molar-refractivity contribution >= 4 is 27.7 Å². The van der Waals surface area contributed by atoms with Gasteiger partial charge in [-0.25, -0.2) is 4.98 Å². The highest BCUT2D eigenvalue weighted by Gasteiger charge is 2.10. The maximum atomic E-state index is 11.9. The number of pyridine rings is 1. The van der Waals surface area contributed by atoms with Crippen LogP contribution in [0, 0.1) is 6.92 Å². The molecule has 1 aliphatic rings. The van der Waals surface area contributed by atoms with E-state index in [4.69, 9.17) is 0 Å². The molecule has 18 heavy (non-hydrogen) atoms. The smallest absolute Gasteiger partial charge is 0.229 e. The number of nitrogens with one attached hydrogen (secondary N) is 1. The van der Waals surface area contributed by atoms with Crippen LogP contribution in [0.4, 0.5) is 5.82 Å². The highest BCUT2D eigenvalue weighted by molar-refractivity contribution is 9.10. The molecular weight excluding hydrogens is 292 g/mol. The van der Waals surface area contributed by atoms with Gasteiger partial charge in [-0.1, -0.05) is 11.6 Å². The van der Waals surface area contributed by atoms with Gasteiger partial charge in [-0.2, -0.15) is 0 Å². The van der Waals surface area contributed by atoms with Gasteiger partial charge in [0, 0.05) is 17.1 Å². The Hall–Kier alpha value is -1.16. The number of nitrogens with zero attached hydrogens (tertiary/aromatic N) is 1. The molecule has 1 aromatic heterocycles. The van der Waals surface area contributed by atoms with Crippen LogP contribution in [-0.4, -0.2) is 10.9 Å². The summed E-state index contributed by atoms with van der Waals surface area (Å²) in [6.07, 6.45) is 9.02. The highest BCUT2D eigenvalue weighted by Crippen LogP contribution is 2.21.